The van der Waals surface area contributed by atoms with Crippen molar-refractivity contribution in [3.05, 3.63) is 59.2 Å². The topological polar surface area (TPSA) is 44.5 Å². The fraction of sp³-hybridized carbons (Fsp3) is 0.333. The molecule has 2 N–H and O–H groups in total. The maximum atomic E-state index is 6.33. The second-order valence-corrected chi connectivity index (χ2v) is 5.43. The summed E-state index contributed by atoms with van der Waals surface area (Å²) in [6.07, 6.45) is 2.88. The van der Waals surface area contributed by atoms with E-state index in [0.717, 1.165) is 42.9 Å². The van der Waals surface area contributed by atoms with Crippen molar-refractivity contribution < 1.29 is 9.47 Å². The predicted octanol–water partition coefficient (Wildman–Crippen LogP) is 3.26. The number of hydrogen-bond acceptors (Lipinski definition) is 3. The van der Waals surface area contributed by atoms with Crippen LogP contribution < -0.4 is 15.2 Å². The number of aryl methyl sites for hydroxylation is 1. The molecule has 1 atom stereocenters. The summed E-state index contributed by atoms with van der Waals surface area (Å²) in [6.45, 7) is 0.805. The molecule has 3 rings (SSSR count). The van der Waals surface area contributed by atoms with Crippen molar-refractivity contribution in [1.82, 2.24) is 0 Å². The summed E-state index contributed by atoms with van der Waals surface area (Å²) in [5, 5.41) is 0. The van der Waals surface area contributed by atoms with Crippen LogP contribution in [0.25, 0.3) is 0 Å². The van der Waals surface area contributed by atoms with Gasteiger partial charge in [0.05, 0.1) is 13.7 Å². The summed E-state index contributed by atoms with van der Waals surface area (Å²) in [6, 6.07) is 14.4. The quantitative estimate of drug-likeness (QED) is 0.916. The lowest BCUT2D eigenvalue weighted by molar-refractivity contribution is 0.357. The van der Waals surface area contributed by atoms with Crippen LogP contribution in [0.1, 0.15) is 29.2 Å². The number of para-hydroxylation sites is 1. The predicted molar refractivity (Wildman–Crippen MR) is 83.9 cm³/mol. The highest BCUT2D eigenvalue weighted by atomic mass is 16.5. The van der Waals surface area contributed by atoms with E-state index in [2.05, 4.69) is 18.2 Å². The van der Waals surface area contributed by atoms with Crippen LogP contribution in [0.2, 0.25) is 0 Å². The first-order chi connectivity index (χ1) is 10.3. The molecule has 0 saturated carbocycles. The first-order valence-electron chi connectivity index (χ1n) is 7.41. The first-order valence-corrected chi connectivity index (χ1v) is 7.41. The van der Waals surface area contributed by atoms with Crippen LogP contribution in [0.3, 0.4) is 0 Å². The normalized spacial score (nSPS) is 14.4. The minimum absolute atomic E-state index is 0.00865. The smallest absolute Gasteiger partial charge is 0.123 e. The summed E-state index contributed by atoms with van der Waals surface area (Å²) in [5.74, 6) is 1.90. The van der Waals surface area contributed by atoms with Gasteiger partial charge in [-0.2, -0.15) is 0 Å². The van der Waals surface area contributed by atoms with Crippen LogP contribution in [0.5, 0.6) is 11.5 Å². The standard InChI is InChI=1S/C18H21NO2/c1-20-18-5-3-2-4-15(18)16(19)8-6-13-7-9-17-14(12-13)10-11-21-17/h2-5,7,9,12,16H,6,8,10-11,19H2,1H3. The van der Waals surface area contributed by atoms with Crippen molar-refractivity contribution in [2.75, 3.05) is 13.7 Å². The average molecular weight is 283 g/mol. The van der Waals surface area contributed by atoms with Crippen molar-refractivity contribution in [2.45, 2.75) is 25.3 Å². The molecule has 0 fully saturated rings. The van der Waals surface area contributed by atoms with Gasteiger partial charge in [0, 0.05) is 18.0 Å². The summed E-state index contributed by atoms with van der Waals surface area (Å²) >= 11 is 0. The van der Waals surface area contributed by atoms with E-state index in [1.807, 2.05) is 24.3 Å². The first kappa shape index (κ1) is 14.0. The minimum atomic E-state index is -0.00865. The fourth-order valence-electron chi connectivity index (χ4n) is 2.85. The van der Waals surface area contributed by atoms with Crippen molar-refractivity contribution >= 4 is 0 Å². The van der Waals surface area contributed by atoms with E-state index >= 15 is 0 Å². The Balaban J connectivity index is 1.67. The Labute approximate surface area is 125 Å². The SMILES string of the molecule is COc1ccccc1C(N)CCc1ccc2c(c1)CCO2. The molecular formula is C18H21NO2. The number of hydrogen-bond donors (Lipinski definition) is 1. The highest BCUT2D eigenvalue weighted by Gasteiger charge is 2.14. The number of nitrogens with two attached hydrogens (primary N) is 1. The van der Waals surface area contributed by atoms with Crippen LogP contribution in [0.4, 0.5) is 0 Å². The summed E-state index contributed by atoms with van der Waals surface area (Å²) in [4.78, 5) is 0. The van der Waals surface area contributed by atoms with Gasteiger partial charge in [0.25, 0.3) is 0 Å². The molecule has 110 valence electrons. The largest absolute Gasteiger partial charge is 0.496 e. The molecular weight excluding hydrogens is 262 g/mol. The second-order valence-electron chi connectivity index (χ2n) is 5.43. The van der Waals surface area contributed by atoms with E-state index in [4.69, 9.17) is 15.2 Å². The fourth-order valence-corrected chi connectivity index (χ4v) is 2.85. The molecule has 1 heterocycles. The lowest BCUT2D eigenvalue weighted by atomic mass is 9.98. The van der Waals surface area contributed by atoms with Crippen LogP contribution in [0, 0.1) is 0 Å². The van der Waals surface area contributed by atoms with Crippen molar-refractivity contribution in [3.8, 4) is 11.5 Å². The molecule has 1 aliphatic rings. The molecule has 1 aliphatic heterocycles. The van der Waals surface area contributed by atoms with Gasteiger partial charge in [-0.15, -0.1) is 0 Å². The Morgan fingerprint density at radius 3 is 2.95 bits per heavy atom. The molecule has 0 aromatic heterocycles. The van der Waals surface area contributed by atoms with Crippen LogP contribution >= 0.6 is 0 Å². The van der Waals surface area contributed by atoms with Gasteiger partial charge in [0.15, 0.2) is 0 Å². The number of fused-ring (bicyclic) bond motifs is 1. The molecule has 0 spiro atoms. The molecule has 0 bridgehead atoms. The van der Waals surface area contributed by atoms with Gasteiger partial charge in [0.1, 0.15) is 11.5 Å². The Kier molecular flexibility index (Phi) is 4.11. The zero-order valence-electron chi connectivity index (χ0n) is 12.3. The van der Waals surface area contributed by atoms with E-state index in [1.165, 1.54) is 11.1 Å². The van der Waals surface area contributed by atoms with Gasteiger partial charge in [-0.25, -0.2) is 0 Å². The summed E-state index contributed by atoms with van der Waals surface area (Å²) < 4.78 is 10.9. The molecule has 3 nitrogen and oxygen atoms in total. The number of ether oxygens (including phenoxy) is 2. The van der Waals surface area contributed by atoms with Gasteiger partial charge in [-0.1, -0.05) is 30.3 Å². The maximum Gasteiger partial charge on any atom is 0.123 e. The van der Waals surface area contributed by atoms with Gasteiger partial charge in [-0.3, -0.25) is 0 Å². The van der Waals surface area contributed by atoms with E-state index in [-0.39, 0.29) is 6.04 Å². The monoisotopic (exact) mass is 283 g/mol. The lowest BCUT2D eigenvalue weighted by Gasteiger charge is -2.15. The molecule has 0 saturated heterocycles. The average Bonchev–Trinajstić information content (AvgIpc) is 3.00. The molecule has 2 aromatic carbocycles. The number of rotatable bonds is 5. The number of methoxy groups -OCH3 is 1. The second kappa shape index (κ2) is 6.19. The van der Waals surface area contributed by atoms with E-state index in [0.29, 0.717) is 0 Å². The third-order valence-corrected chi connectivity index (χ3v) is 4.04. The molecule has 0 aliphatic carbocycles. The summed E-state index contributed by atoms with van der Waals surface area (Å²) in [5.41, 5.74) is 10.0. The Morgan fingerprint density at radius 1 is 1.24 bits per heavy atom. The van der Waals surface area contributed by atoms with Crippen molar-refractivity contribution in [1.29, 1.82) is 0 Å². The lowest BCUT2D eigenvalue weighted by Crippen LogP contribution is -2.12. The van der Waals surface area contributed by atoms with Crippen molar-refractivity contribution in [3.63, 3.8) is 0 Å². The molecule has 3 heteroatoms. The van der Waals surface area contributed by atoms with Crippen LogP contribution in [0.15, 0.2) is 42.5 Å². The third kappa shape index (κ3) is 3.03. The Hall–Kier alpha value is -2.00. The molecule has 21 heavy (non-hydrogen) atoms. The molecule has 2 aromatic rings. The van der Waals surface area contributed by atoms with Crippen molar-refractivity contribution in [2.24, 2.45) is 5.73 Å². The van der Waals surface area contributed by atoms with E-state index in [9.17, 15) is 0 Å². The Bertz CT molecular complexity index is 624. The van der Waals surface area contributed by atoms with Crippen LogP contribution in [-0.2, 0) is 12.8 Å². The number of benzene rings is 2. The van der Waals surface area contributed by atoms with E-state index in [1.54, 1.807) is 7.11 Å². The van der Waals surface area contributed by atoms with Crippen LogP contribution in [-0.4, -0.2) is 13.7 Å². The highest BCUT2D eigenvalue weighted by Crippen LogP contribution is 2.29. The molecule has 0 amide bonds. The van der Waals surface area contributed by atoms with E-state index < -0.39 is 0 Å². The van der Waals surface area contributed by atoms with Gasteiger partial charge in [-0.05, 0) is 36.1 Å². The van der Waals surface area contributed by atoms with Gasteiger partial charge < -0.3 is 15.2 Å². The zero-order chi connectivity index (χ0) is 14.7. The van der Waals surface area contributed by atoms with Gasteiger partial charge in [0.2, 0.25) is 0 Å². The minimum Gasteiger partial charge on any atom is -0.496 e. The molecule has 0 radical (unpaired) electrons. The molecule has 1 unspecified atom stereocenters. The zero-order valence-corrected chi connectivity index (χ0v) is 12.3. The Morgan fingerprint density at radius 2 is 2.10 bits per heavy atom. The highest BCUT2D eigenvalue weighted by molar-refractivity contribution is 5.40. The maximum absolute atomic E-state index is 6.33. The van der Waals surface area contributed by atoms with Gasteiger partial charge >= 0.3 is 0 Å². The third-order valence-electron chi connectivity index (χ3n) is 4.04. The summed E-state index contributed by atoms with van der Waals surface area (Å²) in [7, 11) is 1.69.